The molecule has 0 aromatic heterocycles. The van der Waals surface area contributed by atoms with Crippen LogP contribution in [0, 0.1) is 11.3 Å². The van der Waals surface area contributed by atoms with Crippen molar-refractivity contribution in [2.24, 2.45) is 0 Å². The van der Waals surface area contributed by atoms with Gasteiger partial charge < -0.3 is 4.57 Å². The molecule has 134 valence electrons. The second kappa shape index (κ2) is 12.1. The molecule has 0 unspecified atom stereocenters. The highest BCUT2D eigenvalue weighted by molar-refractivity contribution is 6.74. The average molecular weight is 338 g/mol. The maximum atomic E-state index is 8.78. The molecule has 23 heavy (non-hydrogen) atoms. The predicted molar refractivity (Wildman–Crippen MR) is 103 cm³/mol. The van der Waals surface area contributed by atoms with Crippen molar-refractivity contribution in [1.29, 1.82) is 5.26 Å². The summed E-state index contributed by atoms with van der Waals surface area (Å²) in [5.41, 5.74) is 0. The van der Waals surface area contributed by atoms with Gasteiger partial charge in [-0.1, -0.05) is 71.4 Å². The highest BCUT2D eigenvalue weighted by Crippen LogP contribution is 2.23. The van der Waals surface area contributed by atoms with Crippen LogP contribution in [0.25, 0.3) is 0 Å². The molecule has 0 bridgehead atoms. The topological polar surface area (TPSA) is 30.3 Å². The second-order valence-electron chi connectivity index (χ2n) is 7.82. The fourth-order valence-corrected chi connectivity index (χ4v) is 6.38. The third-order valence-corrected chi connectivity index (χ3v) is 8.97. The zero-order chi connectivity index (χ0) is 17.0. The molecule has 0 aromatic carbocycles. The Morgan fingerprint density at radius 2 is 1.61 bits per heavy atom. The minimum atomic E-state index is -1.26. The van der Waals surface area contributed by atoms with E-state index in [-0.39, 0.29) is 0 Å². The van der Waals surface area contributed by atoms with Gasteiger partial charge in [0.05, 0.1) is 6.07 Å². The summed E-state index contributed by atoms with van der Waals surface area (Å²) in [6.07, 6.45) is 13.3. The van der Waals surface area contributed by atoms with Crippen LogP contribution in [0.1, 0.15) is 71.1 Å². The lowest BCUT2D eigenvalue weighted by molar-refractivity contribution is 0.143. The van der Waals surface area contributed by atoms with E-state index in [9.17, 15) is 0 Å². The molecular weight excluding hydrogens is 298 g/mol. The number of hydrogen-bond acceptors (Lipinski definition) is 3. The van der Waals surface area contributed by atoms with Crippen LogP contribution in [0.15, 0.2) is 0 Å². The maximum absolute atomic E-state index is 8.78. The van der Waals surface area contributed by atoms with Crippen molar-refractivity contribution in [2.75, 3.05) is 26.3 Å². The second-order valence-corrected chi connectivity index (χ2v) is 12.6. The summed E-state index contributed by atoms with van der Waals surface area (Å²) >= 11 is 0. The summed E-state index contributed by atoms with van der Waals surface area (Å²) in [6.45, 7) is 11.9. The van der Waals surface area contributed by atoms with Crippen LogP contribution < -0.4 is 0 Å². The highest BCUT2D eigenvalue weighted by Gasteiger charge is 2.31. The molecule has 1 rings (SSSR count). The van der Waals surface area contributed by atoms with Crippen molar-refractivity contribution >= 4 is 8.24 Å². The smallest absolute Gasteiger partial charge is 0.123 e. The molecule has 1 fully saturated rings. The monoisotopic (exact) mass is 337 g/mol. The number of nitrogens with zero attached hydrogens (tertiary/aromatic N) is 3. The third-order valence-electron chi connectivity index (χ3n) is 5.31. The highest BCUT2D eigenvalue weighted by atomic mass is 28.3. The van der Waals surface area contributed by atoms with Gasteiger partial charge in [-0.05, 0) is 19.0 Å². The summed E-state index contributed by atoms with van der Waals surface area (Å²) in [4.78, 5) is 2.48. The third kappa shape index (κ3) is 8.88. The normalized spacial score (nSPS) is 17.3. The molecule has 3 nitrogen and oxygen atoms in total. The van der Waals surface area contributed by atoms with E-state index < -0.39 is 8.24 Å². The van der Waals surface area contributed by atoms with Gasteiger partial charge in [0.2, 0.25) is 0 Å². The minimum Gasteiger partial charge on any atom is -0.312 e. The summed E-state index contributed by atoms with van der Waals surface area (Å²) in [5.74, 6) is 0. The molecule has 1 aliphatic heterocycles. The van der Waals surface area contributed by atoms with Crippen LogP contribution in [0.3, 0.4) is 0 Å². The lowest BCUT2D eigenvalue weighted by Gasteiger charge is -2.44. The van der Waals surface area contributed by atoms with Crippen molar-refractivity contribution in [3.05, 3.63) is 0 Å². The molecule has 1 saturated heterocycles. The number of hydrogen-bond donors (Lipinski definition) is 0. The molecule has 0 aromatic rings. The first-order valence-corrected chi connectivity index (χ1v) is 13.1. The van der Waals surface area contributed by atoms with E-state index in [0.29, 0.717) is 6.42 Å². The van der Waals surface area contributed by atoms with E-state index in [2.05, 4.69) is 35.6 Å². The Morgan fingerprint density at radius 1 is 0.957 bits per heavy atom. The lowest BCUT2D eigenvalue weighted by Crippen LogP contribution is -2.57. The van der Waals surface area contributed by atoms with Crippen molar-refractivity contribution in [3.8, 4) is 6.07 Å². The Kier molecular flexibility index (Phi) is 10.8. The van der Waals surface area contributed by atoms with E-state index in [0.717, 1.165) is 13.2 Å². The number of unbranched alkanes of at least 4 members (excludes halogenated alkanes) is 7. The summed E-state index contributed by atoms with van der Waals surface area (Å²) in [5, 5.41) is 8.78. The Balaban J connectivity index is 2.17. The minimum absolute atomic E-state index is 0.674. The largest absolute Gasteiger partial charge is 0.312 e. The molecule has 0 radical (unpaired) electrons. The van der Waals surface area contributed by atoms with Crippen molar-refractivity contribution in [3.63, 3.8) is 0 Å². The van der Waals surface area contributed by atoms with Gasteiger partial charge in [0, 0.05) is 26.2 Å². The van der Waals surface area contributed by atoms with Crippen LogP contribution in [-0.2, 0) is 0 Å². The van der Waals surface area contributed by atoms with E-state index >= 15 is 0 Å². The molecule has 0 atom stereocenters. The Labute approximate surface area is 146 Å². The van der Waals surface area contributed by atoms with E-state index in [4.69, 9.17) is 5.26 Å². The molecule has 0 saturated carbocycles. The van der Waals surface area contributed by atoms with Crippen LogP contribution in [0.5, 0.6) is 0 Å². The quantitative estimate of drug-likeness (QED) is 0.362. The lowest BCUT2D eigenvalue weighted by atomic mass is 10.1. The fourth-order valence-electron chi connectivity index (χ4n) is 3.60. The Morgan fingerprint density at radius 3 is 2.26 bits per heavy atom. The van der Waals surface area contributed by atoms with E-state index in [1.807, 2.05) is 0 Å². The van der Waals surface area contributed by atoms with Gasteiger partial charge in [-0.15, -0.1) is 0 Å². The van der Waals surface area contributed by atoms with Gasteiger partial charge in [-0.2, -0.15) is 5.26 Å². The predicted octanol–water partition coefficient (Wildman–Crippen LogP) is 5.21. The van der Waals surface area contributed by atoms with Gasteiger partial charge in [-0.3, -0.25) is 4.90 Å². The van der Waals surface area contributed by atoms with Crippen LogP contribution in [0.2, 0.25) is 19.1 Å². The first kappa shape index (κ1) is 20.7. The molecular formula is C19H39N3Si. The SMILES string of the molecule is CCCCCCCCCC[Si](C)(C)N1CCCN(CCC#N)C1. The van der Waals surface area contributed by atoms with E-state index in [1.54, 1.807) is 0 Å². The average Bonchev–Trinajstić information content (AvgIpc) is 2.55. The first-order valence-electron chi connectivity index (χ1n) is 9.94. The number of nitriles is 1. The first-order chi connectivity index (χ1) is 11.1. The van der Waals surface area contributed by atoms with Gasteiger partial charge in [-0.25, -0.2) is 0 Å². The number of rotatable bonds is 12. The van der Waals surface area contributed by atoms with Crippen LogP contribution in [0.4, 0.5) is 0 Å². The van der Waals surface area contributed by atoms with E-state index in [1.165, 1.54) is 76.9 Å². The summed E-state index contributed by atoms with van der Waals surface area (Å²) in [7, 11) is -1.26. The molecule has 1 heterocycles. The van der Waals surface area contributed by atoms with Crippen molar-refractivity contribution < 1.29 is 0 Å². The molecule has 0 aliphatic carbocycles. The van der Waals surface area contributed by atoms with Gasteiger partial charge in [0.15, 0.2) is 0 Å². The molecule has 4 heteroatoms. The van der Waals surface area contributed by atoms with Gasteiger partial charge >= 0.3 is 0 Å². The zero-order valence-corrected chi connectivity index (χ0v) is 16.9. The summed E-state index contributed by atoms with van der Waals surface area (Å²) in [6, 6.07) is 3.72. The van der Waals surface area contributed by atoms with Crippen LogP contribution in [-0.4, -0.2) is 44.0 Å². The molecule has 1 aliphatic rings. The fraction of sp³-hybridized carbons (Fsp3) is 0.947. The standard InChI is InChI=1S/C19H39N3Si/c1-4-5-6-7-8-9-10-11-18-23(2,3)22-17-13-16-21(19-22)15-12-14-20/h4-13,15-19H2,1-3H3. The summed E-state index contributed by atoms with van der Waals surface area (Å²) < 4.78 is 2.77. The van der Waals surface area contributed by atoms with Crippen molar-refractivity contribution in [1.82, 2.24) is 9.47 Å². The Hall–Kier alpha value is -0.373. The van der Waals surface area contributed by atoms with Gasteiger partial charge in [0.1, 0.15) is 8.24 Å². The van der Waals surface area contributed by atoms with Crippen LogP contribution >= 0.6 is 0 Å². The molecule has 0 amide bonds. The van der Waals surface area contributed by atoms with Gasteiger partial charge in [0.25, 0.3) is 0 Å². The molecule has 0 spiro atoms. The zero-order valence-electron chi connectivity index (χ0n) is 15.9. The maximum Gasteiger partial charge on any atom is 0.123 e. The molecule has 0 N–H and O–H groups in total. The Bertz CT molecular complexity index is 338. The van der Waals surface area contributed by atoms with Crippen molar-refractivity contribution in [2.45, 2.75) is 90.3 Å².